The number of methoxy groups -OCH3 is 2. The van der Waals surface area contributed by atoms with Gasteiger partial charge >= 0.3 is 11.9 Å². The third-order valence-corrected chi connectivity index (χ3v) is 3.22. The van der Waals surface area contributed by atoms with E-state index in [4.69, 9.17) is 0 Å². The van der Waals surface area contributed by atoms with Crippen molar-refractivity contribution in [3.8, 4) is 0 Å². The molecule has 3 unspecified atom stereocenters. The van der Waals surface area contributed by atoms with E-state index >= 15 is 0 Å². The van der Waals surface area contributed by atoms with Crippen LogP contribution in [-0.4, -0.2) is 48.0 Å². The molecule has 6 nitrogen and oxygen atoms in total. The number of carbonyl (C=O) groups is 2. The second kappa shape index (κ2) is 4.39. The number of rotatable bonds is 2. The molecular formula is C10H17NO5. The van der Waals surface area contributed by atoms with Crippen LogP contribution in [0.4, 0.5) is 0 Å². The van der Waals surface area contributed by atoms with Gasteiger partial charge in [0.1, 0.15) is 5.54 Å². The van der Waals surface area contributed by atoms with Crippen molar-refractivity contribution >= 4 is 11.9 Å². The first kappa shape index (κ1) is 12.9. The molecule has 1 aliphatic rings. The quantitative estimate of drug-likeness (QED) is 0.684. The molecule has 3 atom stereocenters. The molecule has 0 bridgehead atoms. The van der Waals surface area contributed by atoms with Gasteiger partial charge in [-0.15, -0.1) is 0 Å². The summed E-state index contributed by atoms with van der Waals surface area (Å²) in [5.74, 6) is -1.52. The lowest BCUT2D eigenvalue weighted by atomic mass is 9.93. The maximum Gasteiger partial charge on any atom is 0.328 e. The zero-order valence-corrected chi connectivity index (χ0v) is 9.89. The lowest BCUT2D eigenvalue weighted by molar-refractivity contribution is -0.195. The van der Waals surface area contributed by atoms with Gasteiger partial charge in [-0.2, -0.15) is 5.06 Å². The number of hydrogen-bond donors (Lipinski definition) is 1. The fourth-order valence-electron chi connectivity index (χ4n) is 2.14. The smallest absolute Gasteiger partial charge is 0.328 e. The van der Waals surface area contributed by atoms with Crippen molar-refractivity contribution < 1.29 is 24.3 Å². The summed E-state index contributed by atoms with van der Waals surface area (Å²) >= 11 is 0. The number of hydroxylamine groups is 2. The predicted octanol–water partition coefficient (Wildman–Crippen LogP) is 0.191. The van der Waals surface area contributed by atoms with Gasteiger partial charge in [0.25, 0.3) is 0 Å². The first-order valence-corrected chi connectivity index (χ1v) is 5.03. The summed E-state index contributed by atoms with van der Waals surface area (Å²) in [6.07, 6.45) is 0.185. The van der Waals surface area contributed by atoms with E-state index in [1.54, 1.807) is 6.92 Å². The van der Waals surface area contributed by atoms with Gasteiger partial charge in [-0.25, -0.2) is 4.79 Å². The van der Waals surface area contributed by atoms with Crippen LogP contribution in [0.15, 0.2) is 0 Å². The van der Waals surface area contributed by atoms with E-state index in [1.165, 1.54) is 21.1 Å². The molecule has 1 N–H and O–H groups in total. The van der Waals surface area contributed by atoms with Crippen molar-refractivity contribution in [3.63, 3.8) is 0 Å². The first-order valence-electron chi connectivity index (χ1n) is 5.03. The van der Waals surface area contributed by atoms with E-state index in [0.29, 0.717) is 0 Å². The Labute approximate surface area is 94.1 Å². The molecule has 1 saturated heterocycles. The van der Waals surface area contributed by atoms with Crippen LogP contribution in [0.25, 0.3) is 0 Å². The van der Waals surface area contributed by atoms with Crippen molar-refractivity contribution in [1.82, 2.24) is 5.06 Å². The van der Waals surface area contributed by atoms with Crippen LogP contribution in [0.2, 0.25) is 0 Å². The van der Waals surface area contributed by atoms with E-state index in [0.717, 1.165) is 5.06 Å². The molecule has 0 aromatic heterocycles. The average molecular weight is 231 g/mol. The minimum absolute atomic E-state index is 0.185. The fraction of sp³-hybridized carbons (Fsp3) is 0.800. The Bertz CT molecular complexity index is 306. The van der Waals surface area contributed by atoms with Crippen molar-refractivity contribution in [3.05, 3.63) is 0 Å². The monoisotopic (exact) mass is 231 g/mol. The van der Waals surface area contributed by atoms with Crippen molar-refractivity contribution in [2.24, 2.45) is 5.92 Å². The highest BCUT2D eigenvalue weighted by molar-refractivity contribution is 5.83. The molecule has 0 aliphatic carbocycles. The molecule has 6 heteroatoms. The molecule has 0 aromatic carbocycles. The highest BCUT2D eigenvalue weighted by Crippen LogP contribution is 2.37. The molecule has 0 aromatic rings. The molecule has 1 rings (SSSR count). The van der Waals surface area contributed by atoms with Crippen LogP contribution in [-0.2, 0) is 19.1 Å². The van der Waals surface area contributed by atoms with E-state index in [1.807, 2.05) is 0 Å². The SMILES string of the molecule is COC(=O)C1CC(C)(C(=O)OC)N(O)C1C. The third kappa shape index (κ3) is 1.78. The van der Waals surface area contributed by atoms with Crippen LogP contribution >= 0.6 is 0 Å². The number of nitrogens with zero attached hydrogens (tertiary/aromatic N) is 1. The Kier molecular flexibility index (Phi) is 3.54. The van der Waals surface area contributed by atoms with Gasteiger partial charge in [0.2, 0.25) is 0 Å². The summed E-state index contributed by atoms with van der Waals surface area (Å²) in [6.45, 7) is 3.20. The lowest BCUT2D eigenvalue weighted by Crippen LogP contribution is -2.48. The number of ether oxygens (including phenoxy) is 2. The van der Waals surface area contributed by atoms with Crippen LogP contribution < -0.4 is 0 Å². The zero-order valence-electron chi connectivity index (χ0n) is 9.89. The normalized spacial score (nSPS) is 34.8. The van der Waals surface area contributed by atoms with E-state index in [-0.39, 0.29) is 6.42 Å². The summed E-state index contributed by atoms with van der Waals surface area (Å²) in [4.78, 5) is 23.0. The summed E-state index contributed by atoms with van der Waals surface area (Å²) < 4.78 is 9.26. The zero-order chi connectivity index (χ0) is 12.5. The molecule has 1 heterocycles. The van der Waals surface area contributed by atoms with Gasteiger partial charge in [-0.1, -0.05) is 0 Å². The maximum atomic E-state index is 11.6. The molecule has 0 radical (unpaired) electrons. The molecule has 1 aliphatic heterocycles. The van der Waals surface area contributed by atoms with Crippen LogP contribution in [0.1, 0.15) is 20.3 Å². The molecule has 0 spiro atoms. The van der Waals surface area contributed by atoms with Crippen LogP contribution in [0, 0.1) is 5.92 Å². The largest absolute Gasteiger partial charge is 0.469 e. The minimum Gasteiger partial charge on any atom is -0.469 e. The molecule has 1 fully saturated rings. The topological polar surface area (TPSA) is 76.1 Å². The standard InChI is InChI=1S/C10H17NO5/c1-6-7(8(12)15-3)5-10(2,11(6)14)9(13)16-4/h6-7,14H,5H2,1-4H3. The molecule has 0 saturated carbocycles. The first-order chi connectivity index (χ1) is 7.38. The molecular weight excluding hydrogens is 214 g/mol. The molecule has 92 valence electrons. The highest BCUT2D eigenvalue weighted by atomic mass is 16.6. The second-order valence-electron chi connectivity index (χ2n) is 4.18. The Morgan fingerprint density at radius 2 is 1.94 bits per heavy atom. The minimum atomic E-state index is -1.19. The van der Waals surface area contributed by atoms with Crippen LogP contribution in [0.3, 0.4) is 0 Å². The van der Waals surface area contributed by atoms with E-state index < -0.39 is 29.4 Å². The number of esters is 2. The Morgan fingerprint density at radius 3 is 2.38 bits per heavy atom. The van der Waals surface area contributed by atoms with Gasteiger partial charge in [0.15, 0.2) is 0 Å². The number of hydrogen-bond acceptors (Lipinski definition) is 6. The molecule has 0 amide bonds. The van der Waals surface area contributed by atoms with Crippen molar-refractivity contribution in [2.75, 3.05) is 14.2 Å². The average Bonchev–Trinajstić information content (AvgIpc) is 2.53. The highest BCUT2D eigenvalue weighted by Gasteiger charge is 2.55. The van der Waals surface area contributed by atoms with Crippen molar-refractivity contribution in [2.45, 2.75) is 31.8 Å². The second-order valence-corrected chi connectivity index (χ2v) is 4.18. The van der Waals surface area contributed by atoms with Gasteiger partial charge in [-0.3, -0.25) is 4.79 Å². The van der Waals surface area contributed by atoms with E-state index in [9.17, 15) is 14.8 Å². The summed E-state index contributed by atoms with van der Waals surface area (Å²) in [5, 5.41) is 10.7. The summed E-state index contributed by atoms with van der Waals surface area (Å²) in [6, 6.07) is -0.475. The van der Waals surface area contributed by atoms with Gasteiger partial charge < -0.3 is 14.7 Å². The Balaban J connectivity index is 2.94. The Hall–Kier alpha value is -1.14. The molecule has 16 heavy (non-hydrogen) atoms. The Morgan fingerprint density at radius 1 is 1.38 bits per heavy atom. The van der Waals surface area contributed by atoms with Gasteiger partial charge in [0.05, 0.1) is 20.1 Å². The fourth-order valence-corrected chi connectivity index (χ4v) is 2.14. The third-order valence-electron chi connectivity index (χ3n) is 3.22. The summed E-state index contributed by atoms with van der Waals surface area (Å²) in [7, 11) is 2.53. The number of carbonyl (C=O) groups excluding carboxylic acids is 2. The van der Waals surface area contributed by atoms with Gasteiger partial charge in [0, 0.05) is 6.04 Å². The van der Waals surface area contributed by atoms with Gasteiger partial charge in [-0.05, 0) is 20.3 Å². The van der Waals surface area contributed by atoms with E-state index in [2.05, 4.69) is 9.47 Å². The van der Waals surface area contributed by atoms with Crippen molar-refractivity contribution in [1.29, 1.82) is 0 Å². The lowest BCUT2D eigenvalue weighted by Gasteiger charge is -2.28. The maximum absolute atomic E-state index is 11.6. The van der Waals surface area contributed by atoms with Crippen LogP contribution in [0.5, 0.6) is 0 Å². The predicted molar refractivity (Wildman–Crippen MR) is 53.6 cm³/mol. The summed E-state index contributed by atoms with van der Waals surface area (Å²) in [5.41, 5.74) is -1.19.